The highest BCUT2D eigenvalue weighted by Crippen LogP contribution is 2.22. The van der Waals surface area contributed by atoms with E-state index in [0.29, 0.717) is 6.54 Å². The number of rotatable bonds is 5. The average molecular weight is 292 g/mol. The normalized spacial score (nSPS) is 13.1. The van der Waals surface area contributed by atoms with Gasteiger partial charge in [-0.25, -0.2) is 0 Å². The van der Waals surface area contributed by atoms with E-state index in [1.54, 1.807) is 11.3 Å². The summed E-state index contributed by atoms with van der Waals surface area (Å²) in [6.07, 6.45) is 0. The summed E-state index contributed by atoms with van der Waals surface area (Å²) in [5.41, 5.74) is 0. The Morgan fingerprint density at radius 2 is 2.33 bits per heavy atom. The molecule has 0 aliphatic carbocycles. The van der Waals surface area contributed by atoms with Crippen molar-refractivity contribution in [3.8, 4) is 0 Å². The van der Waals surface area contributed by atoms with Crippen molar-refractivity contribution in [2.75, 3.05) is 0 Å². The van der Waals surface area contributed by atoms with Crippen LogP contribution in [0, 0.1) is 5.92 Å². The molecule has 0 unspecified atom stereocenters. The molecule has 84 valence electrons. The molecule has 1 aromatic rings. The minimum Gasteiger partial charge on any atom is -0.480 e. The van der Waals surface area contributed by atoms with Crippen molar-refractivity contribution in [3.63, 3.8) is 0 Å². The second-order valence-corrected chi connectivity index (χ2v) is 5.49. The number of nitrogens with one attached hydrogen (secondary N) is 1. The smallest absolute Gasteiger partial charge is 0.320 e. The predicted octanol–water partition coefficient (Wildman–Crippen LogP) is 2.71. The molecule has 0 amide bonds. The van der Waals surface area contributed by atoms with E-state index in [2.05, 4.69) is 21.2 Å². The van der Waals surface area contributed by atoms with Gasteiger partial charge in [0.15, 0.2) is 0 Å². The molecule has 0 aliphatic rings. The zero-order valence-corrected chi connectivity index (χ0v) is 11.1. The maximum atomic E-state index is 10.9. The molecule has 2 N–H and O–H groups in total. The Kier molecular flexibility index (Phi) is 4.76. The molecule has 15 heavy (non-hydrogen) atoms. The lowest BCUT2D eigenvalue weighted by molar-refractivity contribution is -0.140. The number of hydrogen-bond donors (Lipinski definition) is 2. The van der Waals surface area contributed by atoms with Gasteiger partial charge in [0.2, 0.25) is 0 Å². The average Bonchev–Trinajstić information content (AvgIpc) is 2.51. The van der Waals surface area contributed by atoms with Gasteiger partial charge >= 0.3 is 5.97 Å². The molecule has 0 saturated heterocycles. The van der Waals surface area contributed by atoms with E-state index < -0.39 is 12.0 Å². The van der Waals surface area contributed by atoms with Gasteiger partial charge in [-0.1, -0.05) is 13.8 Å². The van der Waals surface area contributed by atoms with E-state index in [9.17, 15) is 4.79 Å². The summed E-state index contributed by atoms with van der Waals surface area (Å²) >= 11 is 5.03. The van der Waals surface area contributed by atoms with Gasteiger partial charge in [-0.3, -0.25) is 10.1 Å². The fourth-order valence-electron chi connectivity index (χ4n) is 1.26. The van der Waals surface area contributed by atoms with Crippen LogP contribution in [0.5, 0.6) is 0 Å². The zero-order valence-electron chi connectivity index (χ0n) is 8.66. The van der Waals surface area contributed by atoms with Gasteiger partial charge < -0.3 is 5.11 Å². The van der Waals surface area contributed by atoms with Gasteiger partial charge in [0.25, 0.3) is 0 Å². The zero-order chi connectivity index (χ0) is 11.4. The minimum absolute atomic E-state index is 0.0845. The Morgan fingerprint density at radius 1 is 1.67 bits per heavy atom. The Labute approximate surface area is 102 Å². The van der Waals surface area contributed by atoms with Crippen molar-refractivity contribution >= 4 is 33.2 Å². The first-order valence-electron chi connectivity index (χ1n) is 4.70. The van der Waals surface area contributed by atoms with Crippen LogP contribution in [0.1, 0.15) is 18.7 Å². The molecule has 1 aromatic heterocycles. The van der Waals surface area contributed by atoms with Crippen molar-refractivity contribution in [2.45, 2.75) is 26.4 Å². The molecular formula is C10H14BrNO2S. The number of carboxylic acids is 1. The van der Waals surface area contributed by atoms with Gasteiger partial charge in [0.05, 0.1) is 0 Å². The molecule has 0 saturated carbocycles. The first kappa shape index (κ1) is 12.7. The van der Waals surface area contributed by atoms with Gasteiger partial charge in [0, 0.05) is 15.9 Å². The molecule has 1 rings (SSSR count). The first-order valence-corrected chi connectivity index (χ1v) is 6.37. The largest absolute Gasteiger partial charge is 0.480 e. The number of hydrogen-bond acceptors (Lipinski definition) is 3. The van der Waals surface area contributed by atoms with Crippen molar-refractivity contribution < 1.29 is 9.90 Å². The van der Waals surface area contributed by atoms with Crippen LogP contribution >= 0.6 is 27.3 Å². The third-order valence-electron chi connectivity index (χ3n) is 2.11. The van der Waals surface area contributed by atoms with E-state index in [1.807, 2.05) is 25.3 Å². The summed E-state index contributed by atoms with van der Waals surface area (Å²) in [5, 5.41) is 14.0. The fourth-order valence-corrected chi connectivity index (χ4v) is 2.71. The molecule has 0 spiro atoms. The predicted molar refractivity (Wildman–Crippen MR) is 65.1 cm³/mol. The molecule has 0 radical (unpaired) electrons. The molecule has 0 fully saturated rings. The summed E-state index contributed by atoms with van der Waals surface area (Å²) in [5.74, 6) is -0.709. The number of carboxylic acid groups (broad SMARTS) is 1. The maximum absolute atomic E-state index is 10.9. The maximum Gasteiger partial charge on any atom is 0.320 e. The molecule has 1 heterocycles. The molecule has 0 aromatic carbocycles. The Bertz CT molecular complexity index is 338. The van der Waals surface area contributed by atoms with Crippen molar-refractivity contribution in [1.82, 2.24) is 5.32 Å². The van der Waals surface area contributed by atoms with Crippen LogP contribution in [0.15, 0.2) is 15.9 Å². The molecule has 5 heteroatoms. The van der Waals surface area contributed by atoms with Crippen molar-refractivity contribution in [3.05, 3.63) is 20.8 Å². The lowest BCUT2D eigenvalue weighted by Crippen LogP contribution is -2.40. The molecule has 3 nitrogen and oxygen atoms in total. The quantitative estimate of drug-likeness (QED) is 0.877. The van der Waals surface area contributed by atoms with Crippen molar-refractivity contribution in [2.24, 2.45) is 5.92 Å². The molecular weight excluding hydrogens is 278 g/mol. The molecule has 0 aliphatic heterocycles. The lowest BCUT2D eigenvalue weighted by Gasteiger charge is -2.17. The lowest BCUT2D eigenvalue weighted by atomic mass is 10.1. The highest BCUT2D eigenvalue weighted by Gasteiger charge is 2.20. The van der Waals surface area contributed by atoms with Crippen LogP contribution in [0.25, 0.3) is 0 Å². The van der Waals surface area contributed by atoms with Crippen LogP contribution < -0.4 is 5.32 Å². The summed E-state index contributed by atoms with van der Waals surface area (Å²) in [7, 11) is 0. The van der Waals surface area contributed by atoms with Crippen LogP contribution in [0.4, 0.5) is 0 Å². The topological polar surface area (TPSA) is 49.3 Å². The Morgan fingerprint density at radius 3 is 2.73 bits per heavy atom. The van der Waals surface area contributed by atoms with E-state index >= 15 is 0 Å². The monoisotopic (exact) mass is 291 g/mol. The summed E-state index contributed by atoms with van der Waals surface area (Å²) < 4.78 is 1.04. The number of halogens is 1. The highest BCUT2D eigenvalue weighted by atomic mass is 79.9. The van der Waals surface area contributed by atoms with E-state index in [4.69, 9.17) is 5.11 Å². The highest BCUT2D eigenvalue weighted by molar-refractivity contribution is 9.10. The van der Waals surface area contributed by atoms with Crippen LogP contribution in [0.3, 0.4) is 0 Å². The van der Waals surface area contributed by atoms with E-state index in [1.165, 1.54) is 0 Å². The van der Waals surface area contributed by atoms with E-state index in [-0.39, 0.29) is 5.92 Å². The molecule has 1 atom stereocenters. The summed E-state index contributed by atoms with van der Waals surface area (Å²) in [4.78, 5) is 12.0. The summed E-state index contributed by atoms with van der Waals surface area (Å²) in [6, 6.07) is 1.48. The number of carbonyl (C=O) groups is 1. The third-order valence-corrected chi connectivity index (χ3v) is 4.03. The Balaban J connectivity index is 2.55. The van der Waals surface area contributed by atoms with Gasteiger partial charge in [-0.15, -0.1) is 11.3 Å². The van der Waals surface area contributed by atoms with Crippen LogP contribution in [0.2, 0.25) is 0 Å². The third kappa shape index (κ3) is 3.59. The van der Waals surface area contributed by atoms with E-state index in [0.717, 1.165) is 9.35 Å². The standard InChI is InChI=1S/C10H14BrNO2S/c1-6(2)9(10(13)14)12-5-8-7(11)3-4-15-8/h3-4,6,9,12H,5H2,1-2H3,(H,13,14)/t9-/m0/s1. The van der Waals surface area contributed by atoms with Gasteiger partial charge in [-0.05, 0) is 33.3 Å². The van der Waals surface area contributed by atoms with Crippen molar-refractivity contribution in [1.29, 1.82) is 0 Å². The number of thiophene rings is 1. The van der Waals surface area contributed by atoms with Gasteiger partial charge in [0.1, 0.15) is 6.04 Å². The SMILES string of the molecule is CC(C)[C@H](NCc1sccc1Br)C(=O)O. The second kappa shape index (κ2) is 5.63. The van der Waals surface area contributed by atoms with Gasteiger partial charge in [-0.2, -0.15) is 0 Å². The molecule has 0 bridgehead atoms. The fraction of sp³-hybridized carbons (Fsp3) is 0.500. The Hall–Kier alpha value is -0.390. The van der Waals surface area contributed by atoms with Crippen LogP contribution in [-0.4, -0.2) is 17.1 Å². The summed E-state index contributed by atoms with van der Waals surface area (Å²) in [6.45, 7) is 4.39. The number of aliphatic carboxylic acids is 1. The van der Waals surface area contributed by atoms with Crippen LogP contribution in [-0.2, 0) is 11.3 Å². The second-order valence-electron chi connectivity index (χ2n) is 3.63. The first-order chi connectivity index (χ1) is 7.02. The minimum atomic E-state index is -0.794.